The molecule has 1 rings (SSSR count). The molecule has 1 aliphatic heterocycles. The molecule has 0 spiro atoms. The Labute approximate surface area is 87.0 Å². The van der Waals surface area contributed by atoms with Crippen molar-refractivity contribution in [2.75, 3.05) is 0 Å². The van der Waals surface area contributed by atoms with E-state index in [0.29, 0.717) is 5.92 Å². The highest BCUT2D eigenvalue weighted by Gasteiger charge is 2.40. The second kappa shape index (κ2) is 4.94. The summed E-state index contributed by atoms with van der Waals surface area (Å²) in [4.78, 5) is 0. The van der Waals surface area contributed by atoms with Crippen LogP contribution in [-0.4, -0.2) is 23.4 Å². The third-order valence-corrected chi connectivity index (χ3v) is 3.43. The molecular weight excluding hydrogens is 176 g/mol. The molecule has 0 aliphatic carbocycles. The first kappa shape index (κ1) is 11.7. The first-order valence-corrected chi connectivity index (χ1v) is 5.52. The number of aliphatic hydroxyl groups excluding tert-OH is 1. The molecule has 1 fully saturated rings. The fraction of sp³-hybridized carbons (Fsp3) is 0.833. The lowest BCUT2D eigenvalue weighted by molar-refractivity contribution is 0.0214. The molecule has 0 bridgehead atoms. The van der Waals surface area contributed by atoms with Crippen molar-refractivity contribution in [3.63, 3.8) is 0 Å². The quantitative estimate of drug-likeness (QED) is 0.703. The fourth-order valence-electron chi connectivity index (χ4n) is 2.44. The molecule has 0 radical (unpaired) electrons. The molecule has 1 N–H and O–H groups in total. The van der Waals surface area contributed by atoms with Crippen LogP contribution in [-0.2, 0) is 4.74 Å². The van der Waals surface area contributed by atoms with Crippen LogP contribution < -0.4 is 0 Å². The smallest absolute Gasteiger partial charge is 0.0607 e. The van der Waals surface area contributed by atoms with Gasteiger partial charge in [0.15, 0.2) is 0 Å². The van der Waals surface area contributed by atoms with Crippen molar-refractivity contribution in [3.05, 3.63) is 12.7 Å². The highest BCUT2D eigenvalue weighted by molar-refractivity contribution is 4.89. The summed E-state index contributed by atoms with van der Waals surface area (Å²) in [6.45, 7) is 9.97. The van der Waals surface area contributed by atoms with Crippen LogP contribution in [0, 0.1) is 11.8 Å². The van der Waals surface area contributed by atoms with Gasteiger partial charge < -0.3 is 9.84 Å². The van der Waals surface area contributed by atoms with Crippen LogP contribution in [0.3, 0.4) is 0 Å². The molecule has 82 valence electrons. The highest BCUT2D eigenvalue weighted by atomic mass is 16.5. The van der Waals surface area contributed by atoms with Crippen LogP contribution >= 0.6 is 0 Å². The van der Waals surface area contributed by atoms with E-state index >= 15 is 0 Å². The van der Waals surface area contributed by atoms with E-state index in [4.69, 9.17) is 4.74 Å². The highest BCUT2D eigenvalue weighted by Crippen LogP contribution is 2.35. The van der Waals surface area contributed by atoms with Crippen molar-refractivity contribution in [1.82, 2.24) is 0 Å². The molecular formula is C12H22O2. The Bertz CT molecular complexity index is 191. The van der Waals surface area contributed by atoms with Crippen LogP contribution in [0.5, 0.6) is 0 Å². The third-order valence-electron chi connectivity index (χ3n) is 3.43. The monoisotopic (exact) mass is 198 g/mol. The summed E-state index contributed by atoms with van der Waals surface area (Å²) in [6, 6.07) is 0. The van der Waals surface area contributed by atoms with Crippen LogP contribution in [0.25, 0.3) is 0 Å². The standard InChI is InChI=1S/C12H22O2/c1-5-6-7-11(13)12-8(2)9(3)14-10(12)4/h5,8-13H,1,6-7H2,2-4H3. The molecule has 14 heavy (non-hydrogen) atoms. The van der Waals surface area contributed by atoms with Crippen molar-refractivity contribution in [1.29, 1.82) is 0 Å². The van der Waals surface area contributed by atoms with E-state index in [1.54, 1.807) is 0 Å². The van der Waals surface area contributed by atoms with Crippen molar-refractivity contribution in [3.8, 4) is 0 Å². The van der Waals surface area contributed by atoms with Gasteiger partial charge in [0.1, 0.15) is 0 Å². The predicted octanol–water partition coefficient (Wildman–Crippen LogP) is 2.37. The molecule has 2 heteroatoms. The number of hydrogen-bond donors (Lipinski definition) is 1. The molecule has 5 unspecified atom stereocenters. The molecule has 1 aliphatic rings. The van der Waals surface area contributed by atoms with Gasteiger partial charge in [0.2, 0.25) is 0 Å². The van der Waals surface area contributed by atoms with Crippen molar-refractivity contribution < 1.29 is 9.84 Å². The summed E-state index contributed by atoms with van der Waals surface area (Å²) in [5.74, 6) is 0.731. The number of ether oxygens (including phenoxy) is 1. The third kappa shape index (κ3) is 2.37. The van der Waals surface area contributed by atoms with E-state index < -0.39 is 0 Å². The summed E-state index contributed by atoms with van der Waals surface area (Å²) in [6.07, 6.45) is 3.75. The van der Waals surface area contributed by atoms with E-state index in [0.717, 1.165) is 12.8 Å². The number of aliphatic hydroxyl groups is 1. The minimum Gasteiger partial charge on any atom is -0.393 e. The number of rotatable bonds is 4. The van der Waals surface area contributed by atoms with Gasteiger partial charge in [-0.2, -0.15) is 0 Å². The van der Waals surface area contributed by atoms with Gasteiger partial charge in [0.25, 0.3) is 0 Å². The van der Waals surface area contributed by atoms with Gasteiger partial charge in [-0.15, -0.1) is 6.58 Å². The lowest BCUT2D eigenvalue weighted by Gasteiger charge is -2.24. The Morgan fingerprint density at radius 1 is 1.36 bits per heavy atom. The molecule has 0 aromatic rings. The van der Waals surface area contributed by atoms with Crippen molar-refractivity contribution >= 4 is 0 Å². The maximum absolute atomic E-state index is 10.0. The Hall–Kier alpha value is -0.340. The summed E-state index contributed by atoms with van der Waals surface area (Å²) in [5.41, 5.74) is 0. The van der Waals surface area contributed by atoms with Crippen molar-refractivity contribution in [2.45, 2.75) is 51.9 Å². The zero-order valence-corrected chi connectivity index (χ0v) is 9.44. The van der Waals surface area contributed by atoms with Crippen LogP contribution in [0.15, 0.2) is 12.7 Å². The van der Waals surface area contributed by atoms with Crippen LogP contribution in [0.4, 0.5) is 0 Å². The second-order valence-corrected chi connectivity index (χ2v) is 4.42. The number of allylic oxidation sites excluding steroid dienone is 1. The normalized spacial score (nSPS) is 39.7. The summed E-state index contributed by atoms with van der Waals surface area (Å²) >= 11 is 0. The minimum atomic E-state index is -0.247. The first-order chi connectivity index (χ1) is 6.57. The lowest BCUT2D eigenvalue weighted by Crippen LogP contribution is -2.30. The van der Waals surface area contributed by atoms with Crippen LogP contribution in [0.2, 0.25) is 0 Å². The molecule has 2 nitrogen and oxygen atoms in total. The zero-order chi connectivity index (χ0) is 10.7. The van der Waals surface area contributed by atoms with Gasteiger partial charge in [-0.1, -0.05) is 13.0 Å². The molecule has 0 saturated carbocycles. The molecule has 5 atom stereocenters. The van der Waals surface area contributed by atoms with Gasteiger partial charge in [0.05, 0.1) is 18.3 Å². The minimum absolute atomic E-state index is 0.180. The van der Waals surface area contributed by atoms with E-state index in [2.05, 4.69) is 27.4 Å². The van der Waals surface area contributed by atoms with Gasteiger partial charge >= 0.3 is 0 Å². The Morgan fingerprint density at radius 2 is 2.00 bits per heavy atom. The average molecular weight is 198 g/mol. The van der Waals surface area contributed by atoms with E-state index in [9.17, 15) is 5.11 Å². The van der Waals surface area contributed by atoms with Gasteiger partial charge in [-0.25, -0.2) is 0 Å². The predicted molar refractivity (Wildman–Crippen MR) is 58.1 cm³/mol. The first-order valence-electron chi connectivity index (χ1n) is 5.52. The lowest BCUT2D eigenvalue weighted by atomic mass is 9.83. The topological polar surface area (TPSA) is 29.5 Å². The second-order valence-electron chi connectivity index (χ2n) is 4.42. The molecule has 0 amide bonds. The summed E-state index contributed by atoms with van der Waals surface area (Å²) in [5, 5.41) is 10.0. The van der Waals surface area contributed by atoms with Crippen molar-refractivity contribution in [2.24, 2.45) is 11.8 Å². The van der Waals surface area contributed by atoms with E-state index in [1.165, 1.54) is 0 Å². The maximum atomic E-state index is 10.0. The molecule has 1 heterocycles. The average Bonchev–Trinajstić information content (AvgIpc) is 2.38. The summed E-state index contributed by atoms with van der Waals surface area (Å²) in [7, 11) is 0. The van der Waals surface area contributed by atoms with Crippen LogP contribution in [0.1, 0.15) is 33.6 Å². The molecule has 0 aromatic carbocycles. The zero-order valence-electron chi connectivity index (χ0n) is 9.44. The maximum Gasteiger partial charge on any atom is 0.0607 e. The molecule has 0 aromatic heterocycles. The van der Waals surface area contributed by atoms with Gasteiger partial charge in [0, 0.05) is 5.92 Å². The summed E-state index contributed by atoms with van der Waals surface area (Å²) < 4.78 is 5.70. The van der Waals surface area contributed by atoms with Gasteiger partial charge in [-0.3, -0.25) is 0 Å². The number of hydrogen-bond acceptors (Lipinski definition) is 2. The molecule has 1 saturated heterocycles. The van der Waals surface area contributed by atoms with E-state index in [1.807, 2.05) is 6.08 Å². The Balaban J connectivity index is 2.52. The SMILES string of the molecule is C=CCCC(O)C1C(C)OC(C)C1C. The Kier molecular flexibility index (Phi) is 4.14. The largest absolute Gasteiger partial charge is 0.393 e. The fourth-order valence-corrected chi connectivity index (χ4v) is 2.44. The van der Waals surface area contributed by atoms with E-state index in [-0.39, 0.29) is 24.2 Å². The Morgan fingerprint density at radius 3 is 2.43 bits per heavy atom. The van der Waals surface area contributed by atoms with Gasteiger partial charge in [-0.05, 0) is 32.6 Å².